The first-order valence-corrected chi connectivity index (χ1v) is 6.98. The third kappa shape index (κ3) is 5.97. The third-order valence-corrected chi connectivity index (χ3v) is 3.38. The van der Waals surface area contributed by atoms with Crippen LogP contribution in [-0.4, -0.2) is 44.8 Å². The number of nitrogens with one attached hydrogen (secondary N) is 2. The van der Waals surface area contributed by atoms with E-state index in [1.54, 1.807) is 25.5 Å². The van der Waals surface area contributed by atoms with Gasteiger partial charge in [-0.05, 0) is 13.3 Å². The van der Waals surface area contributed by atoms with Gasteiger partial charge in [0.2, 0.25) is 0 Å². The van der Waals surface area contributed by atoms with E-state index in [2.05, 4.69) is 26.0 Å². The number of hydrogen-bond acceptors (Lipinski definition) is 4. The van der Waals surface area contributed by atoms with Crippen LogP contribution >= 0.6 is 11.3 Å². The molecule has 18 heavy (non-hydrogen) atoms. The summed E-state index contributed by atoms with van der Waals surface area (Å²) in [6, 6.07) is 0. The minimum absolute atomic E-state index is 0.680. The smallest absolute Gasteiger partial charge is 0.191 e. The molecule has 0 aliphatic carbocycles. The summed E-state index contributed by atoms with van der Waals surface area (Å²) < 4.78 is 4.97. The van der Waals surface area contributed by atoms with Gasteiger partial charge in [0.1, 0.15) is 0 Å². The summed E-state index contributed by atoms with van der Waals surface area (Å²) >= 11 is 1.73. The highest BCUT2D eigenvalue weighted by atomic mass is 32.1. The van der Waals surface area contributed by atoms with Crippen molar-refractivity contribution in [3.63, 3.8) is 0 Å². The molecule has 102 valence electrons. The van der Waals surface area contributed by atoms with Crippen molar-refractivity contribution in [2.45, 2.75) is 19.8 Å². The molecule has 2 N–H and O–H groups in total. The van der Waals surface area contributed by atoms with Crippen LogP contribution in [0, 0.1) is 6.92 Å². The second-order valence-electron chi connectivity index (χ2n) is 3.90. The Labute approximate surface area is 113 Å². The molecule has 0 fully saturated rings. The first-order valence-electron chi connectivity index (χ1n) is 6.10. The molecule has 1 heterocycles. The molecule has 1 rings (SSSR count). The van der Waals surface area contributed by atoms with Crippen molar-refractivity contribution in [1.82, 2.24) is 15.6 Å². The molecule has 1 aromatic rings. The topological polar surface area (TPSA) is 58.5 Å². The van der Waals surface area contributed by atoms with E-state index in [-0.39, 0.29) is 0 Å². The average molecular weight is 270 g/mol. The van der Waals surface area contributed by atoms with Crippen LogP contribution in [0.5, 0.6) is 0 Å². The summed E-state index contributed by atoms with van der Waals surface area (Å²) in [5.41, 5.74) is 1.11. The number of ether oxygens (including phenoxy) is 1. The Morgan fingerprint density at radius 2 is 2.22 bits per heavy atom. The zero-order chi connectivity index (χ0) is 13.2. The Morgan fingerprint density at radius 1 is 1.44 bits per heavy atom. The van der Waals surface area contributed by atoms with E-state index in [1.807, 2.05) is 6.92 Å². The highest BCUT2D eigenvalue weighted by Crippen LogP contribution is 2.10. The van der Waals surface area contributed by atoms with Crippen LogP contribution in [0.2, 0.25) is 0 Å². The van der Waals surface area contributed by atoms with Crippen LogP contribution in [0.1, 0.15) is 17.1 Å². The molecule has 0 unspecified atom stereocenters. The van der Waals surface area contributed by atoms with E-state index in [0.717, 1.165) is 37.6 Å². The maximum absolute atomic E-state index is 4.97. The standard InChI is InChI=1S/C12H22N4OS/c1-10-9-18-11(16-10)5-4-6-14-12(13-2)15-7-8-17-3/h9H,4-8H2,1-3H3,(H2,13,14,15). The molecule has 0 saturated carbocycles. The van der Waals surface area contributed by atoms with Crippen molar-refractivity contribution < 1.29 is 4.74 Å². The monoisotopic (exact) mass is 270 g/mol. The van der Waals surface area contributed by atoms with Crippen molar-refractivity contribution in [1.29, 1.82) is 0 Å². The molecule has 5 nitrogen and oxygen atoms in total. The normalized spacial score (nSPS) is 11.6. The number of methoxy groups -OCH3 is 1. The second kappa shape index (κ2) is 8.88. The van der Waals surface area contributed by atoms with Gasteiger partial charge in [0.15, 0.2) is 5.96 Å². The summed E-state index contributed by atoms with van der Waals surface area (Å²) in [6.45, 7) is 4.37. The van der Waals surface area contributed by atoms with Gasteiger partial charge in [0.05, 0.1) is 11.6 Å². The second-order valence-corrected chi connectivity index (χ2v) is 4.85. The fraction of sp³-hybridized carbons (Fsp3) is 0.667. The van der Waals surface area contributed by atoms with Crippen LogP contribution < -0.4 is 10.6 Å². The number of aliphatic imine (C=N–C) groups is 1. The van der Waals surface area contributed by atoms with Crippen molar-refractivity contribution in [2.75, 3.05) is 33.9 Å². The minimum atomic E-state index is 0.680. The van der Waals surface area contributed by atoms with Gasteiger partial charge >= 0.3 is 0 Å². The van der Waals surface area contributed by atoms with Gasteiger partial charge in [-0.15, -0.1) is 11.3 Å². The van der Waals surface area contributed by atoms with E-state index in [9.17, 15) is 0 Å². The SMILES string of the molecule is CN=C(NCCCc1nc(C)cs1)NCCOC. The quantitative estimate of drug-likeness (QED) is 0.444. The summed E-state index contributed by atoms with van der Waals surface area (Å²) in [6.07, 6.45) is 2.07. The number of rotatable bonds is 7. The highest BCUT2D eigenvalue weighted by Gasteiger charge is 1.99. The van der Waals surface area contributed by atoms with E-state index in [4.69, 9.17) is 4.74 Å². The van der Waals surface area contributed by atoms with Crippen molar-refractivity contribution in [3.05, 3.63) is 16.1 Å². The molecule has 1 aromatic heterocycles. The van der Waals surface area contributed by atoms with Crippen LogP contribution in [0.3, 0.4) is 0 Å². The predicted octanol–water partition coefficient (Wildman–Crippen LogP) is 1.20. The van der Waals surface area contributed by atoms with Gasteiger partial charge in [-0.25, -0.2) is 4.98 Å². The molecule has 0 aliphatic rings. The number of hydrogen-bond donors (Lipinski definition) is 2. The summed E-state index contributed by atoms with van der Waals surface area (Å²) in [5, 5.41) is 9.74. The largest absolute Gasteiger partial charge is 0.383 e. The van der Waals surface area contributed by atoms with Gasteiger partial charge in [0.25, 0.3) is 0 Å². The lowest BCUT2D eigenvalue weighted by Crippen LogP contribution is -2.39. The Bertz CT molecular complexity index is 365. The Morgan fingerprint density at radius 3 is 2.83 bits per heavy atom. The molecule has 0 aliphatic heterocycles. The van der Waals surface area contributed by atoms with Crippen LogP contribution in [0.4, 0.5) is 0 Å². The van der Waals surface area contributed by atoms with E-state index >= 15 is 0 Å². The fourth-order valence-electron chi connectivity index (χ4n) is 1.46. The highest BCUT2D eigenvalue weighted by molar-refractivity contribution is 7.09. The number of aromatic nitrogens is 1. The van der Waals surface area contributed by atoms with Gasteiger partial charge in [-0.3, -0.25) is 4.99 Å². The Balaban J connectivity index is 2.12. The lowest BCUT2D eigenvalue weighted by Gasteiger charge is -2.10. The van der Waals surface area contributed by atoms with Crippen LogP contribution in [-0.2, 0) is 11.2 Å². The molecular weight excluding hydrogens is 248 g/mol. The number of nitrogens with zero attached hydrogens (tertiary/aromatic N) is 2. The maximum Gasteiger partial charge on any atom is 0.191 e. The van der Waals surface area contributed by atoms with E-state index in [0.29, 0.717) is 6.61 Å². The molecule has 0 bridgehead atoms. The summed E-state index contributed by atoms with van der Waals surface area (Å²) in [7, 11) is 3.46. The molecule has 0 amide bonds. The Kier molecular flexibility index (Phi) is 7.36. The molecule has 0 aromatic carbocycles. The maximum atomic E-state index is 4.97. The minimum Gasteiger partial charge on any atom is -0.383 e. The van der Waals surface area contributed by atoms with E-state index < -0.39 is 0 Å². The molecule has 0 radical (unpaired) electrons. The van der Waals surface area contributed by atoms with Crippen LogP contribution in [0.15, 0.2) is 10.4 Å². The average Bonchev–Trinajstić information content (AvgIpc) is 2.78. The molecule has 0 spiro atoms. The molecule has 0 saturated heterocycles. The van der Waals surface area contributed by atoms with Gasteiger partial charge in [0, 0.05) is 44.7 Å². The number of guanidine groups is 1. The molecule has 0 atom stereocenters. The van der Waals surface area contributed by atoms with Crippen LogP contribution in [0.25, 0.3) is 0 Å². The van der Waals surface area contributed by atoms with Crippen molar-refractivity contribution in [3.8, 4) is 0 Å². The van der Waals surface area contributed by atoms with Gasteiger partial charge in [-0.2, -0.15) is 0 Å². The lowest BCUT2D eigenvalue weighted by atomic mass is 10.3. The predicted molar refractivity (Wildman–Crippen MR) is 76.4 cm³/mol. The van der Waals surface area contributed by atoms with Gasteiger partial charge < -0.3 is 15.4 Å². The Hall–Kier alpha value is -1.14. The van der Waals surface area contributed by atoms with E-state index in [1.165, 1.54) is 5.01 Å². The first kappa shape index (κ1) is 14.9. The van der Waals surface area contributed by atoms with Crippen molar-refractivity contribution >= 4 is 17.3 Å². The lowest BCUT2D eigenvalue weighted by molar-refractivity contribution is 0.203. The summed E-state index contributed by atoms with van der Waals surface area (Å²) in [4.78, 5) is 8.57. The molecular formula is C12H22N4OS. The zero-order valence-corrected chi connectivity index (χ0v) is 12.1. The van der Waals surface area contributed by atoms with Crippen molar-refractivity contribution in [2.24, 2.45) is 4.99 Å². The van der Waals surface area contributed by atoms with Gasteiger partial charge in [-0.1, -0.05) is 0 Å². The summed E-state index contributed by atoms with van der Waals surface area (Å²) in [5.74, 6) is 0.822. The fourth-order valence-corrected chi connectivity index (χ4v) is 2.27. The first-order chi connectivity index (χ1) is 8.76. The molecule has 6 heteroatoms. The third-order valence-electron chi connectivity index (χ3n) is 2.35. The number of thiazole rings is 1. The zero-order valence-electron chi connectivity index (χ0n) is 11.3. The number of aryl methyl sites for hydroxylation is 2.